The number of aryl methyl sites for hydroxylation is 1. The quantitative estimate of drug-likeness (QED) is 0.111. The molecule has 0 amide bonds. The van der Waals surface area contributed by atoms with Gasteiger partial charge >= 0.3 is 11.9 Å². The van der Waals surface area contributed by atoms with E-state index in [1.54, 1.807) is 38.1 Å². The fraction of sp³-hybridized carbons (Fsp3) is 0.229. The smallest absolute Gasteiger partial charge is 0.331 e. The molecule has 0 fully saturated rings. The van der Waals surface area contributed by atoms with Gasteiger partial charge in [-0.05, 0) is 60.5 Å². The number of fused-ring (bicyclic) bond motifs is 5. The Balaban J connectivity index is 1.56. The van der Waals surface area contributed by atoms with E-state index >= 15 is 0 Å². The van der Waals surface area contributed by atoms with Crippen molar-refractivity contribution in [1.29, 1.82) is 0 Å². The molecular weight excluding hydrogens is 617 g/mol. The summed E-state index contributed by atoms with van der Waals surface area (Å²) >= 11 is 12.3. The van der Waals surface area contributed by atoms with Gasteiger partial charge < -0.3 is 23.5 Å². The molecule has 0 saturated carbocycles. The molecule has 2 heterocycles. The van der Waals surface area contributed by atoms with Gasteiger partial charge in [-0.2, -0.15) is 0 Å². The number of aromatic nitrogens is 1. The molecule has 1 aliphatic heterocycles. The second kappa shape index (κ2) is 11.4. The second-order valence-electron chi connectivity index (χ2n) is 11.4. The molecule has 1 aromatic heterocycles. The van der Waals surface area contributed by atoms with Crippen LogP contribution in [0.5, 0.6) is 11.5 Å². The highest BCUT2D eigenvalue weighted by Crippen LogP contribution is 2.49. The number of hydrogen-bond acceptors (Lipinski definition) is 7. The first-order chi connectivity index (χ1) is 21.4. The minimum Gasteiger partial charge on any atom is -0.496 e. The summed E-state index contributed by atoms with van der Waals surface area (Å²) in [5, 5.41) is 3.47. The number of pyridine rings is 1. The average molecular weight is 647 g/mol. The Morgan fingerprint density at radius 2 is 1.71 bits per heavy atom. The van der Waals surface area contributed by atoms with E-state index in [0.717, 1.165) is 10.8 Å². The van der Waals surface area contributed by atoms with Crippen LogP contribution in [0.2, 0.25) is 10.0 Å². The summed E-state index contributed by atoms with van der Waals surface area (Å²) in [6, 6.07) is 18.1. The maximum Gasteiger partial charge on any atom is 0.331 e. The monoisotopic (exact) mass is 645 g/mol. The third-order valence-corrected chi connectivity index (χ3v) is 8.60. The van der Waals surface area contributed by atoms with E-state index in [9.17, 15) is 14.4 Å². The van der Waals surface area contributed by atoms with E-state index in [1.807, 2.05) is 48.0 Å². The molecule has 10 heteroatoms. The zero-order valence-corrected chi connectivity index (χ0v) is 26.7. The third kappa shape index (κ3) is 5.38. The van der Waals surface area contributed by atoms with Crippen molar-refractivity contribution < 1.29 is 28.5 Å². The molecule has 0 N–H and O–H groups in total. The number of nitrogens with zero attached hydrogens (tertiary/aromatic N) is 1. The Bertz CT molecular complexity index is 2130. The zero-order valence-electron chi connectivity index (χ0n) is 25.1. The second-order valence-corrected chi connectivity index (χ2v) is 12.3. The van der Waals surface area contributed by atoms with Crippen LogP contribution >= 0.6 is 23.2 Å². The fourth-order valence-electron chi connectivity index (χ4n) is 5.99. The highest BCUT2D eigenvalue weighted by molar-refractivity contribution is 6.35. The molecule has 6 rings (SSSR count). The molecule has 0 bridgehead atoms. The largest absolute Gasteiger partial charge is 0.496 e. The molecule has 45 heavy (non-hydrogen) atoms. The molecule has 0 spiro atoms. The Hall–Kier alpha value is -4.53. The van der Waals surface area contributed by atoms with Crippen LogP contribution in [0.3, 0.4) is 0 Å². The van der Waals surface area contributed by atoms with Crippen molar-refractivity contribution in [2.75, 3.05) is 7.11 Å². The minimum atomic E-state index is -1.17. The van der Waals surface area contributed by atoms with Gasteiger partial charge in [0.1, 0.15) is 17.1 Å². The summed E-state index contributed by atoms with van der Waals surface area (Å²) in [6.07, 6.45) is 0.499. The fourth-order valence-corrected chi connectivity index (χ4v) is 6.46. The van der Waals surface area contributed by atoms with E-state index in [1.165, 1.54) is 26.2 Å². The lowest BCUT2D eigenvalue weighted by Gasteiger charge is -2.43. The summed E-state index contributed by atoms with van der Waals surface area (Å²) in [5.74, 6) is -0.683. The highest BCUT2D eigenvalue weighted by Gasteiger charge is 2.50. The van der Waals surface area contributed by atoms with E-state index < -0.39 is 29.7 Å². The molecule has 1 aliphatic rings. The van der Waals surface area contributed by atoms with Gasteiger partial charge in [0.25, 0.3) is 0 Å². The number of carbonyl (C=O) groups excluding carboxylic acids is 2. The van der Waals surface area contributed by atoms with Crippen LogP contribution in [0, 0.1) is 0 Å². The Morgan fingerprint density at radius 3 is 2.38 bits per heavy atom. The normalized spacial score (nSPS) is 17.3. The standard InChI is InChI=1S/C35H29Cl2NO7/c1-18(39)43-33-30-27(45-35(2,3)34(33)44-28(40)13-11-19-10-12-22(36)16-24(19)37)17-26(42-5)29-31(30)38(4)25-15-21-9-7-6-8-20(21)14-23(25)32(29)41/h6-17,33-34H,1-5H3/b13-11+/t33-,34-/m1/s1. The van der Waals surface area contributed by atoms with Crippen molar-refractivity contribution in [3.05, 3.63) is 98.1 Å². The maximum atomic E-state index is 14.2. The van der Waals surface area contributed by atoms with Gasteiger partial charge in [0.15, 0.2) is 12.2 Å². The summed E-state index contributed by atoms with van der Waals surface area (Å²) in [6.45, 7) is 4.73. The number of carbonyl (C=O) groups is 2. The van der Waals surface area contributed by atoms with Gasteiger partial charge in [-0.25, -0.2) is 4.79 Å². The van der Waals surface area contributed by atoms with Gasteiger partial charge in [-0.15, -0.1) is 0 Å². The minimum absolute atomic E-state index is 0.258. The van der Waals surface area contributed by atoms with Crippen LogP contribution in [0.1, 0.15) is 38.0 Å². The van der Waals surface area contributed by atoms with Crippen LogP contribution in [-0.4, -0.2) is 35.3 Å². The third-order valence-electron chi connectivity index (χ3n) is 8.03. The number of methoxy groups -OCH3 is 1. The van der Waals surface area contributed by atoms with Gasteiger partial charge in [0, 0.05) is 41.5 Å². The van der Waals surface area contributed by atoms with E-state index in [4.69, 9.17) is 42.1 Å². The highest BCUT2D eigenvalue weighted by atomic mass is 35.5. The summed E-state index contributed by atoms with van der Waals surface area (Å²) in [5.41, 5.74) is 0.613. The predicted molar refractivity (Wildman–Crippen MR) is 175 cm³/mol. The molecule has 2 atom stereocenters. The average Bonchev–Trinajstić information content (AvgIpc) is 2.99. The Labute approximate surface area is 268 Å². The van der Waals surface area contributed by atoms with Gasteiger partial charge in [0.2, 0.25) is 5.43 Å². The van der Waals surface area contributed by atoms with Gasteiger partial charge in [-0.1, -0.05) is 53.5 Å². The van der Waals surface area contributed by atoms with Crippen LogP contribution < -0.4 is 14.9 Å². The predicted octanol–water partition coefficient (Wildman–Crippen LogP) is 7.56. The van der Waals surface area contributed by atoms with Crippen molar-refractivity contribution in [2.45, 2.75) is 38.6 Å². The number of rotatable bonds is 5. The van der Waals surface area contributed by atoms with Gasteiger partial charge in [-0.3, -0.25) is 9.59 Å². The number of hydrogen-bond donors (Lipinski definition) is 0. The molecule has 0 aliphatic carbocycles. The van der Waals surface area contributed by atoms with Crippen molar-refractivity contribution in [3.63, 3.8) is 0 Å². The lowest BCUT2D eigenvalue weighted by Crippen LogP contribution is -2.52. The van der Waals surface area contributed by atoms with E-state index in [0.29, 0.717) is 49.1 Å². The summed E-state index contributed by atoms with van der Waals surface area (Å²) in [7, 11) is 3.30. The van der Waals surface area contributed by atoms with Crippen LogP contribution in [-0.2, 0) is 26.1 Å². The van der Waals surface area contributed by atoms with Crippen LogP contribution in [0.15, 0.2) is 71.5 Å². The lowest BCUT2D eigenvalue weighted by molar-refractivity contribution is -0.185. The molecule has 4 aromatic carbocycles. The molecule has 0 saturated heterocycles. The number of ether oxygens (including phenoxy) is 4. The Kier molecular flexibility index (Phi) is 7.75. The molecular formula is C35H29Cl2NO7. The number of benzene rings is 4. The van der Waals surface area contributed by atoms with Crippen LogP contribution in [0.25, 0.3) is 38.7 Å². The molecule has 230 valence electrons. The molecule has 8 nitrogen and oxygen atoms in total. The zero-order chi connectivity index (χ0) is 32.2. The summed E-state index contributed by atoms with van der Waals surface area (Å²) < 4.78 is 25.9. The molecule has 5 aromatic rings. The molecule has 0 unspecified atom stereocenters. The molecule has 0 radical (unpaired) electrons. The van der Waals surface area contributed by atoms with E-state index in [2.05, 4.69) is 0 Å². The SMILES string of the molecule is COc1cc2c(c3c1c(=O)c1cc4ccccc4cc1n3C)[C@@H](OC(C)=O)[C@@H](OC(=O)/C=C/c1ccc(Cl)cc1Cl)C(C)(C)O2. The van der Waals surface area contributed by atoms with Crippen molar-refractivity contribution in [1.82, 2.24) is 4.57 Å². The Morgan fingerprint density at radius 1 is 1.00 bits per heavy atom. The van der Waals surface area contributed by atoms with Crippen molar-refractivity contribution in [3.8, 4) is 11.5 Å². The number of esters is 2. The van der Waals surface area contributed by atoms with Crippen molar-refractivity contribution in [2.24, 2.45) is 7.05 Å². The topological polar surface area (TPSA) is 93.1 Å². The maximum absolute atomic E-state index is 14.2. The first kappa shape index (κ1) is 30.5. The number of halogens is 2. The summed E-state index contributed by atoms with van der Waals surface area (Å²) in [4.78, 5) is 40.0. The van der Waals surface area contributed by atoms with E-state index in [-0.39, 0.29) is 10.8 Å². The first-order valence-electron chi connectivity index (χ1n) is 14.2. The van der Waals surface area contributed by atoms with Crippen LogP contribution in [0.4, 0.5) is 0 Å². The first-order valence-corrected chi connectivity index (χ1v) is 14.9. The van der Waals surface area contributed by atoms with Gasteiger partial charge in [0.05, 0.1) is 29.1 Å². The van der Waals surface area contributed by atoms with Crippen molar-refractivity contribution >= 4 is 73.8 Å². The lowest BCUT2D eigenvalue weighted by atomic mass is 9.86.